The molecule has 0 radical (unpaired) electrons. The Hall–Kier alpha value is -2.60. The predicted octanol–water partition coefficient (Wildman–Crippen LogP) is 4.75. The summed E-state index contributed by atoms with van der Waals surface area (Å²) in [6, 6.07) is 16.1. The summed E-state index contributed by atoms with van der Waals surface area (Å²) in [5.41, 5.74) is 1.79. The van der Waals surface area contributed by atoms with Crippen molar-refractivity contribution in [2.75, 3.05) is 11.8 Å². The molecule has 3 rings (SSSR count). The van der Waals surface area contributed by atoms with Crippen molar-refractivity contribution in [3.63, 3.8) is 0 Å². The molecular weight excluding hydrogens is 384 g/mol. The highest BCUT2D eigenvalue weighted by atomic mass is 32.2. The van der Waals surface area contributed by atoms with Gasteiger partial charge in [0.2, 0.25) is 0 Å². The number of benzene rings is 2. The number of hydrogen-bond acceptors (Lipinski definition) is 3. The Morgan fingerprint density at radius 2 is 1.62 bits per heavy atom. The fourth-order valence-corrected chi connectivity index (χ4v) is 4.48. The van der Waals surface area contributed by atoms with Gasteiger partial charge in [0, 0.05) is 24.3 Å². The SMILES string of the molecule is CC1CCC(N(C)C(=O)c2ccc(NS(=O)(=O)/C=C/c3ccccc3)cc2)CC1. The number of hydrogen-bond donors (Lipinski definition) is 1. The van der Waals surface area contributed by atoms with Gasteiger partial charge in [0.05, 0.1) is 5.41 Å². The van der Waals surface area contributed by atoms with Crippen LogP contribution in [0.15, 0.2) is 60.0 Å². The van der Waals surface area contributed by atoms with Crippen LogP contribution < -0.4 is 4.72 Å². The van der Waals surface area contributed by atoms with Gasteiger partial charge >= 0.3 is 0 Å². The Balaban J connectivity index is 1.62. The highest BCUT2D eigenvalue weighted by Crippen LogP contribution is 2.27. The van der Waals surface area contributed by atoms with Crippen LogP contribution in [0.3, 0.4) is 0 Å². The van der Waals surface area contributed by atoms with Crippen molar-refractivity contribution >= 4 is 27.7 Å². The minimum absolute atomic E-state index is 0.0251. The van der Waals surface area contributed by atoms with Crippen LogP contribution in [0.5, 0.6) is 0 Å². The molecule has 1 amide bonds. The standard InChI is InChI=1S/C23H28N2O3S/c1-18-8-14-22(15-9-18)25(2)23(26)20-10-12-21(13-11-20)24-29(27,28)17-16-19-6-4-3-5-7-19/h3-7,10-13,16-18,22,24H,8-9,14-15H2,1-2H3/b17-16+. The summed E-state index contributed by atoms with van der Waals surface area (Å²) in [4.78, 5) is 14.6. The molecule has 1 aliphatic rings. The summed E-state index contributed by atoms with van der Waals surface area (Å²) >= 11 is 0. The Kier molecular flexibility index (Phi) is 6.75. The van der Waals surface area contributed by atoms with Gasteiger partial charge < -0.3 is 4.90 Å². The lowest BCUT2D eigenvalue weighted by Gasteiger charge is -2.33. The first kappa shape index (κ1) is 21.1. The lowest BCUT2D eigenvalue weighted by Crippen LogP contribution is -2.39. The summed E-state index contributed by atoms with van der Waals surface area (Å²) in [6.45, 7) is 2.26. The Labute approximate surface area is 173 Å². The van der Waals surface area contributed by atoms with Crippen molar-refractivity contribution in [3.05, 3.63) is 71.1 Å². The van der Waals surface area contributed by atoms with E-state index in [0.29, 0.717) is 11.3 Å². The number of rotatable bonds is 6. The lowest BCUT2D eigenvalue weighted by molar-refractivity contribution is 0.0679. The Bertz CT molecular complexity index is 945. The predicted molar refractivity (Wildman–Crippen MR) is 118 cm³/mol. The summed E-state index contributed by atoms with van der Waals surface area (Å²) < 4.78 is 27.0. The van der Waals surface area contributed by atoms with Crippen LogP contribution >= 0.6 is 0 Å². The maximum absolute atomic E-state index is 12.8. The molecule has 0 spiro atoms. The van der Waals surface area contributed by atoms with Crippen LogP contribution in [0, 0.1) is 5.92 Å². The van der Waals surface area contributed by atoms with E-state index >= 15 is 0 Å². The van der Waals surface area contributed by atoms with Crippen LogP contribution in [0.25, 0.3) is 6.08 Å². The first-order valence-corrected chi connectivity index (χ1v) is 11.5. The molecule has 1 saturated carbocycles. The minimum atomic E-state index is -3.63. The van der Waals surface area contributed by atoms with Crippen molar-refractivity contribution in [1.82, 2.24) is 4.90 Å². The summed E-state index contributed by atoms with van der Waals surface area (Å²) in [7, 11) is -1.78. The van der Waals surface area contributed by atoms with E-state index in [-0.39, 0.29) is 11.9 Å². The average molecular weight is 413 g/mol. The second-order valence-electron chi connectivity index (χ2n) is 7.77. The molecule has 0 unspecified atom stereocenters. The van der Waals surface area contributed by atoms with E-state index < -0.39 is 10.0 Å². The Morgan fingerprint density at radius 3 is 2.24 bits per heavy atom. The maximum atomic E-state index is 12.8. The third-order valence-corrected chi connectivity index (χ3v) is 6.50. The normalized spacial score (nSPS) is 19.8. The van der Waals surface area contributed by atoms with Crippen molar-refractivity contribution in [2.24, 2.45) is 5.92 Å². The highest BCUT2D eigenvalue weighted by Gasteiger charge is 2.25. The maximum Gasteiger partial charge on any atom is 0.255 e. The van der Waals surface area contributed by atoms with Gasteiger partial charge in [0.1, 0.15) is 0 Å². The van der Waals surface area contributed by atoms with Crippen molar-refractivity contribution < 1.29 is 13.2 Å². The van der Waals surface area contributed by atoms with Gasteiger partial charge in [0.25, 0.3) is 15.9 Å². The van der Waals surface area contributed by atoms with E-state index in [0.717, 1.165) is 42.6 Å². The topological polar surface area (TPSA) is 66.5 Å². The summed E-state index contributed by atoms with van der Waals surface area (Å²) in [5.74, 6) is 0.709. The molecule has 0 bridgehead atoms. The molecule has 6 heteroatoms. The second kappa shape index (κ2) is 9.27. The molecule has 1 N–H and O–H groups in total. The zero-order valence-electron chi connectivity index (χ0n) is 16.9. The van der Waals surface area contributed by atoms with Gasteiger partial charge in [-0.2, -0.15) is 0 Å². The molecule has 1 fully saturated rings. The van der Waals surface area contributed by atoms with Gasteiger partial charge in [-0.25, -0.2) is 8.42 Å². The van der Waals surface area contributed by atoms with Gasteiger partial charge in [-0.05, 0) is 67.5 Å². The molecular formula is C23H28N2O3S. The Morgan fingerprint density at radius 1 is 1.00 bits per heavy atom. The number of carbonyl (C=O) groups excluding carboxylic acids is 1. The van der Waals surface area contributed by atoms with Gasteiger partial charge in [-0.1, -0.05) is 37.3 Å². The summed E-state index contributed by atoms with van der Waals surface area (Å²) in [6.07, 6.45) is 5.92. The fourth-order valence-electron chi connectivity index (χ4n) is 3.61. The molecule has 154 valence electrons. The van der Waals surface area contributed by atoms with Crippen LogP contribution in [-0.2, 0) is 10.0 Å². The van der Waals surface area contributed by atoms with E-state index in [9.17, 15) is 13.2 Å². The molecule has 2 aromatic carbocycles. The van der Waals surface area contributed by atoms with E-state index in [1.54, 1.807) is 30.3 Å². The zero-order valence-corrected chi connectivity index (χ0v) is 17.7. The third-order valence-electron chi connectivity index (χ3n) is 5.48. The van der Waals surface area contributed by atoms with Gasteiger partial charge in [-0.15, -0.1) is 0 Å². The number of carbonyl (C=O) groups is 1. The number of sulfonamides is 1. The molecule has 0 aromatic heterocycles. The molecule has 0 saturated heterocycles. The van der Waals surface area contributed by atoms with Crippen LogP contribution in [-0.4, -0.2) is 32.3 Å². The van der Waals surface area contributed by atoms with Crippen LogP contribution in [0.2, 0.25) is 0 Å². The molecule has 5 nitrogen and oxygen atoms in total. The molecule has 0 atom stereocenters. The number of anilines is 1. The average Bonchev–Trinajstić information content (AvgIpc) is 2.73. The van der Waals surface area contributed by atoms with E-state index in [1.807, 2.05) is 42.3 Å². The third kappa shape index (κ3) is 5.94. The van der Waals surface area contributed by atoms with Crippen LogP contribution in [0.4, 0.5) is 5.69 Å². The van der Waals surface area contributed by atoms with E-state index in [1.165, 1.54) is 0 Å². The highest BCUT2D eigenvalue weighted by molar-refractivity contribution is 7.95. The number of amides is 1. The first-order valence-electron chi connectivity index (χ1n) is 9.97. The number of nitrogens with one attached hydrogen (secondary N) is 1. The molecule has 0 aliphatic heterocycles. The van der Waals surface area contributed by atoms with Crippen molar-refractivity contribution in [2.45, 2.75) is 38.6 Å². The molecule has 2 aromatic rings. The van der Waals surface area contributed by atoms with Crippen LogP contribution in [0.1, 0.15) is 48.5 Å². The van der Waals surface area contributed by atoms with Gasteiger partial charge in [0.15, 0.2) is 0 Å². The smallest absolute Gasteiger partial charge is 0.255 e. The van der Waals surface area contributed by atoms with Crippen molar-refractivity contribution in [1.29, 1.82) is 0 Å². The molecule has 1 aliphatic carbocycles. The second-order valence-corrected chi connectivity index (χ2v) is 9.33. The number of nitrogens with zero attached hydrogens (tertiary/aromatic N) is 1. The monoisotopic (exact) mass is 412 g/mol. The van der Waals surface area contributed by atoms with E-state index in [2.05, 4.69) is 11.6 Å². The van der Waals surface area contributed by atoms with Gasteiger partial charge in [-0.3, -0.25) is 9.52 Å². The molecule has 0 heterocycles. The first-order chi connectivity index (χ1) is 13.8. The fraction of sp³-hybridized carbons (Fsp3) is 0.348. The van der Waals surface area contributed by atoms with E-state index in [4.69, 9.17) is 0 Å². The minimum Gasteiger partial charge on any atom is -0.339 e. The lowest BCUT2D eigenvalue weighted by atomic mass is 9.86. The molecule has 29 heavy (non-hydrogen) atoms. The van der Waals surface area contributed by atoms with Crippen molar-refractivity contribution in [3.8, 4) is 0 Å². The zero-order chi connectivity index (χ0) is 20.9. The largest absolute Gasteiger partial charge is 0.339 e. The quantitative estimate of drug-likeness (QED) is 0.744. The summed E-state index contributed by atoms with van der Waals surface area (Å²) in [5, 5.41) is 1.14.